The Kier molecular flexibility index (Phi) is 4.34. The van der Waals surface area contributed by atoms with Crippen LogP contribution in [0.25, 0.3) is 0 Å². The lowest BCUT2D eigenvalue weighted by molar-refractivity contribution is 0.537. The first-order chi connectivity index (χ1) is 9.70. The van der Waals surface area contributed by atoms with Crippen molar-refractivity contribution in [2.45, 2.75) is 31.3 Å². The molecule has 0 saturated heterocycles. The standard InChI is InChI=1S/C13H13ClF2N2O2S/c1-8(2)13-17-12(21(14,19)20)7-18(13)6-9-10(15)4-3-5-11(9)16/h3-5,7-8H,6H2,1-2H3. The van der Waals surface area contributed by atoms with Gasteiger partial charge in [0.2, 0.25) is 0 Å². The molecule has 2 rings (SSSR count). The van der Waals surface area contributed by atoms with E-state index in [4.69, 9.17) is 10.7 Å². The Morgan fingerprint density at radius 2 is 1.86 bits per heavy atom. The molecule has 0 fully saturated rings. The first-order valence-corrected chi connectivity index (χ1v) is 8.45. The summed E-state index contributed by atoms with van der Waals surface area (Å²) in [5.74, 6) is -1.15. The first kappa shape index (κ1) is 15.9. The maximum Gasteiger partial charge on any atom is 0.280 e. The van der Waals surface area contributed by atoms with E-state index < -0.39 is 20.7 Å². The molecule has 0 bridgehead atoms. The molecule has 1 aromatic heterocycles. The number of imidazole rings is 1. The van der Waals surface area contributed by atoms with Crippen molar-refractivity contribution in [2.75, 3.05) is 0 Å². The lowest BCUT2D eigenvalue weighted by atomic mass is 10.1. The van der Waals surface area contributed by atoms with Crippen LogP contribution in [-0.2, 0) is 15.6 Å². The normalized spacial score (nSPS) is 12.1. The molecule has 0 spiro atoms. The summed E-state index contributed by atoms with van der Waals surface area (Å²) in [5, 5.41) is -0.329. The summed E-state index contributed by atoms with van der Waals surface area (Å²) in [6, 6.07) is 3.55. The SMILES string of the molecule is CC(C)c1nc(S(=O)(=O)Cl)cn1Cc1c(F)cccc1F. The van der Waals surface area contributed by atoms with Gasteiger partial charge in [0.15, 0.2) is 5.03 Å². The van der Waals surface area contributed by atoms with Crippen molar-refractivity contribution in [2.24, 2.45) is 0 Å². The summed E-state index contributed by atoms with van der Waals surface area (Å²) in [7, 11) is 1.26. The van der Waals surface area contributed by atoms with Crippen molar-refractivity contribution in [1.29, 1.82) is 0 Å². The number of hydrogen-bond acceptors (Lipinski definition) is 3. The molecule has 21 heavy (non-hydrogen) atoms. The van der Waals surface area contributed by atoms with E-state index in [1.54, 1.807) is 13.8 Å². The molecule has 4 nitrogen and oxygen atoms in total. The maximum atomic E-state index is 13.7. The van der Waals surface area contributed by atoms with Gasteiger partial charge in [-0.3, -0.25) is 0 Å². The molecule has 0 N–H and O–H groups in total. The van der Waals surface area contributed by atoms with E-state index in [1.165, 1.54) is 16.8 Å². The van der Waals surface area contributed by atoms with Crippen molar-refractivity contribution < 1.29 is 17.2 Å². The van der Waals surface area contributed by atoms with E-state index in [1.807, 2.05) is 0 Å². The summed E-state index contributed by atoms with van der Waals surface area (Å²) >= 11 is 0. The van der Waals surface area contributed by atoms with Crippen LogP contribution in [0.2, 0.25) is 0 Å². The summed E-state index contributed by atoms with van der Waals surface area (Å²) in [6.07, 6.45) is 1.18. The number of aromatic nitrogens is 2. The van der Waals surface area contributed by atoms with E-state index in [0.717, 1.165) is 12.1 Å². The minimum atomic E-state index is -4.00. The molecule has 2 aromatic rings. The molecule has 0 amide bonds. The maximum absolute atomic E-state index is 13.7. The molecule has 0 saturated carbocycles. The summed E-state index contributed by atoms with van der Waals surface area (Å²) in [6.45, 7) is 3.42. The monoisotopic (exact) mass is 334 g/mol. The average molecular weight is 335 g/mol. The Morgan fingerprint density at radius 1 is 1.29 bits per heavy atom. The molecule has 0 radical (unpaired) electrons. The van der Waals surface area contributed by atoms with Crippen molar-refractivity contribution in [1.82, 2.24) is 9.55 Å². The Balaban J connectivity index is 2.51. The number of nitrogens with zero attached hydrogens (tertiary/aromatic N) is 2. The lowest BCUT2D eigenvalue weighted by Gasteiger charge is -2.11. The zero-order chi connectivity index (χ0) is 15.8. The van der Waals surface area contributed by atoms with Gasteiger partial charge >= 0.3 is 0 Å². The highest BCUT2D eigenvalue weighted by Gasteiger charge is 2.21. The lowest BCUT2D eigenvalue weighted by Crippen LogP contribution is -2.08. The molecule has 1 aromatic carbocycles. The van der Waals surface area contributed by atoms with Crippen LogP contribution in [0.5, 0.6) is 0 Å². The fourth-order valence-corrected chi connectivity index (χ4v) is 2.64. The highest BCUT2D eigenvalue weighted by atomic mass is 35.7. The van der Waals surface area contributed by atoms with Gasteiger partial charge in [0.1, 0.15) is 17.5 Å². The second-order valence-electron chi connectivity index (χ2n) is 4.86. The highest BCUT2D eigenvalue weighted by molar-refractivity contribution is 8.13. The van der Waals surface area contributed by atoms with Crippen LogP contribution >= 0.6 is 10.7 Å². The van der Waals surface area contributed by atoms with Gasteiger partial charge in [-0.2, -0.15) is 0 Å². The van der Waals surface area contributed by atoms with Crippen LogP contribution < -0.4 is 0 Å². The summed E-state index contributed by atoms with van der Waals surface area (Å²) in [5.41, 5.74) is -0.157. The molecule has 8 heteroatoms. The number of halogens is 3. The van der Waals surface area contributed by atoms with Crippen LogP contribution in [-0.4, -0.2) is 18.0 Å². The minimum absolute atomic E-state index is 0.132. The number of hydrogen-bond donors (Lipinski definition) is 0. The van der Waals surface area contributed by atoms with Crippen LogP contribution in [0.1, 0.15) is 31.2 Å². The fraction of sp³-hybridized carbons (Fsp3) is 0.308. The van der Waals surface area contributed by atoms with E-state index in [2.05, 4.69) is 4.98 Å². The molecule has 0 unspecified atom stereocenters. The Morgan fingerprint density at radius 3 is 2.33 bits per heavy atom. The third-order valence-electron chi connectivity index (χ3n) is 2.94. The zero-order valence-electron chi connectivity index (χ0n) is 11.3. The quantitative estimate of drug-likeness (QED) is 0.806. The van der Waals surface area contributed by atoms with Gasteiger partial charge < -0.3 is 4.57 Å². The highest BCUT2D eigenvalue weighted by Crippen LogP contribution is 2.22. The number of rotatable bonds is 4. The average Bonchev–Trinajstić information content (AvgIpc) is 2.78. The van der Waals surface area contributed by atoms with E-state index in [0.29, 0.717) is 5.82 Å². The molecule has 114 valence electrons. The fourth-order valence-electron chi connectivity index (χ4n) is 1.96. The van der Waals surface area contributed by atoms with Crippen molar-refractivity contribution in [3.05, 3.63) is 47.4 Å². The van der Waals surface area contributed by atoms with Gasteiger partial charge in [0.05, 0.1) is 6.54 Å². The van der Waals surface area contributed by atoms with Crippen LogP contribution in [0.15, 0.2) is 29.4 Å². The minimum Gasteiger partial charge on any atom is -0.329 e. The van der Waals surface area contributed by atoms with Crippen LogP contribution in [0.4, 0.5) is 8.78 Å². The zero-order valence-corrected chi connectivity index (χ0v) is 12.9. The van der Waals surface area contributed by atoms with Crippen molar-refractivity contribution in [3.8, 4) is 0 Å². The Bertz CT molecular complexity index is 752. The summed E-state index contributed by atoms with van der Waals surface area (Å²) < 4.78 is 51.5. The van der Waals surface area contributed by atoms with Gasteiger partial charge in [-0.1, -0.05) is 19.9 Å². The van der Waals surface area contributed by atoms with E-state index >= 15 is 0 Å². The van der Waals surface area contributed by atoms with Gasteiger partial charge in [-0.05, 0) is 12.1 Å². The molecule has 0 aliphatic heterocycles. The summed E-state index contributed by atoms with van der Waals surface area (Å²) in [4.78, 5) is 3.93. The molecule has 0 atom stereocenters. The molecule has 1 heterocycles. The molecular formula is C13H13ClF2N2O2S. The predicted octanol–water partition coefficient (Wildman–Crippen LogP) is 3.26. The largest absolute Gasteiger partial charge is 0.329 e. The van der Waals surface area contributed by atoms with Gasteiger partial charge in [0.25, 0.3) is 9.05 Å². The van der Waals surface area contributed by atoms with Gasteiger partial charge in [-0.25, -0.2) is 22.2 Å². The number of benzene rings is 1. The predicted molar refractivity (Wildman–Crippen MR) is 74.8 cm³/mol. The second-order valence-corrected chi connectivity index (χ2v) is 7.37. The van der Waals surface area contributed by atoms with E-state index in [-0.39, 0.29) is 23.1 Å². The first-order valence-electron chi connectivity index (χ1n) is 6.14. The third-order valence-corrected chi connectivity index (χ3v) is 4.11. The Labute approximate surface area is 125 Å². The van der Waals surface area contributed by atoms with Gasteiger partial charge in [-0.15, -0.1) is 0 Å². The van der Waals surface area contributed by atoms with Crippen molar-refractivity contribution >= 4 is 19.7 Å². The van der Waals surface area contributed by atoms with Crippen LogP contribution in [0, 0.1) is 11.6 Å². The smallest absolute Gasteiger partial charge is 0.280 e. The Hall–Kier alpha value is -1.47. The second kappa shape index (κ2) is 5.73. The molecule has 0 aliphatic rings. The molecule has 0 aliphatic carbocycles. The topological polar surface area (TPSA) is 52.0 Å². The van der Waals surface area contributed by atoms with Crippen LogP contribution in [0.3, 0.4) is 0 Å². The van der Waals surface area contributed by atoms with Crippen molar-refractivity contribution in [3.63, 3.8) is 0 Å². The van der Waals surface area contributed by atoms with E-state index in [9.17, 15) is 17.2 Å². The third kappa shape index (κ3) is 3.41. The molecular weight excluding hydrogens is 322 g/mol. The van der Waals surface area contributed by atoms with Gasteiger partial charge in [0, 0.05) is 28.4 Å².